The van der Waals surface area contributed by atoms with Crippen LogP contribution in [0.1, 0.15) is 29.7 Å². The maximum absolute atomic E-state index is 13.5. The van der Waals surface area contributed by atoms with E-state index in [0.29, 0.717) is 12.1 Å². The van der Waals surface area contributed by atoms with Gasteiger partial charge in [0.15, 0.2) is 0 Å². The number of hydrogen-bond acceptors (Lipinski definition) is 1. The minimum Gasteiger partial charge on any atom is -0.306 e. The van der Waals surface area contributed by atoms with Crippen LogP contribution in [0.5, 0.6) is 0 Å². The second-order valence-corrected chi connectivity index (χ2v) is 5.56. The summed E-state index contributed by atoms with van der Waals surface area (Å²) in [6.45, 7) is 4.53. The van der Waals surface area contributed by atoms with E-state index in [2.05, 4.69) is 34.2 Å². The van der Waals surface area contributed by atoms with E-state index in [0.717, 1.165) is 10.0 Å². The van der Waals surface area contributed by atoms with Crippen molar-refractivity contribution in [2.24, 2.45) is 0 Å². The molecule has 0 spiro atoms. The average molecular weight is 322 g/mol. The second kappa shape index (κ2) is 6.31. The Kier molecular flexibility index (Phi) is 4.72. The zero-order chi connectivity index (χ0) is 13.8. The Morgan fingerprint density at radius 3 is 2.63 bits per heavy atom. The lowest BCUT2D eigenvalue weighted by atomic mass is 10.1. The molecule has 0 amide bonds. The Balaban J connectivity index is 2.02. The number of nitrogens with one attached hydrogen (secondary N) is 1. The van der Waals surface area contributed by atoms with Crippen molar-refractivity contribution >= 4 is 15.9 Å². The Morgan fingerprint density at radius 2 is 1.95 bits per heavy atom. The monoisotopic (exact) mass is 321 g/mol. The first kappa shape index (κ1) is 14.2. The highest BCUT2D eigenvalue weighted by Crippen LogP contribution is 2.23. The van der Waals surface area contributed by atoms with E-state index in [1.807, 2.05) is 30.3 Å². The molecule has 0 aromatic heterocycles. The van der Waals surface area contributed by atoms with Crippen molar-refractivity contribution in [3.8, 4) is 0 Å². The number of rotatable bonds is 4. The van der Waals surface area contributed by atoms with Crippen LogP contribution in [0.4, 0.5) is 4.39 Å². The first-order valence-electron chi connectivity index (χ1n) is 6.31. The van der Waals surface area contributed by atoms with Gasteiger partial charge in [-0.3, -0.25) is 0 Å². The summed E-state index contributed by atoms with van der Waals surface area (Å²) in [6.07, 6.45) is 0. The zero-order valence-corrected chi connectivity index (χ0v) is 12.7. The molecule has 2 aromatic rings. The quantitative estimate of drug-likeness (QED) is 0.857. The molecule has 0 heterocycles. The smallest absolute Gasteiger partial charge is 0.126 e. The van der Waals surface area contributed by atoms with Crippen LogP contribution in [-0.4, -0.2) is 0 Å². The Morgan fingerprint density at radius 1 is 1.21 bits per heavy atom. The molecule has 2 rings (SSSR count). The molecule has 3 heteroatoms. The lowest BCUT2D eigenvalue weighted by Gasteiger charge is -2.16. The van der Waals surface area contributed by atoms with Gasteiger partial charge < -0.3 is 5.32 Å². The molecule has 0 aliphatic carbocycles. The van der Waals surface area contributed by atoms with E-state index in [9.17, 15) is 4.39 Å². The van der Waals surface area contributed by atoms with Gasteiger partial charge in [0.05, 0.1) is 0 Å². The molecule has 0 saturated heterocycles. The van der Waals surface area contributed by atoms with Crippen LogP contribution >= 0.6 is 15.9 Å². The molecule has 100 valence electrons. The van der Waals surface area contributed by atoms with E-state index >= 15 is 0 Å². The van der Waals surface area contributed by atoms with Crippen molar-refractivity contribution in [1.29, 1.82) is 0 Å². The molecule has 0 aliphatic rings. The normalized spacial score (nSPS) is 12.4. The summed E-state index contributed by atoms with van der Waals surface area (Å²) in [7, 11) is 0. The van der Waals surface area contributed by atoms with Gasteiger partial charge in [-0.1, -0.05) is 46.3 Å². The molecular weight excluding hydrogens is 305 g/mol. The minimum atomic E-state index is -0.146. The largest absolute Gasteiger partial charge is 0.306 e. The molecule has 2 aromatic carbocycles. The molecule has 19 heavy (non-hydrogen) atoms. The van der Waals surface area contributed by atoms with Crippen molar-refractivity contribution in [2.45, 2.75) is 26.4 Å². The van der Waals surface area contributed by atoms with Gasteiger partial charge >= 0.3 is 0 Å². The molecule has 1 unspecified atom stereocenters. The number of benzene rings is 2. The SMILES string of the molecule is Cc1ccc(CNC(C)c2ccccc2Br)cc1F. The summed E-state index contributed by atoms with van der Waals surface area (Å²) >= 11 is 3.54. The van der Waals surface area contributed by atoms with E-state index in [1.54, 1.807) is 13.0 Å². The van der Waals surface area contributed by atoms with Gasteiger partial charge in [0.1, 0.15) is 5.82 Å². The van der Waals surface area contributed by atoms with E-state index in [4.69, 9.17) is 0 Å². The summed E-state index contributed by atoms with van der Waals surface area (Å²) in [5.74, 6) is -0.146. The van der Waals surface area contributed by atoms with Crippen molar-refractivity contribution in [2.75, 3.05) is 0 Å². The van der Waals surface area contributed by atoms with Gasteiger partial charge in [-0.05, 0) is 42.7 Å². The fourth-order valence-electron chi connectivity index (χ4n) is 1.95. The van der Waals surface area contributed by atoms with E-state index < -0.39 is 0 Å². The number of aryl methyl sites for hydroxylation is 1. The summed E-state index contributed by atoms with van der Waals surface area (Å²) < 4.78 is 14.5. The van der Waals surface area contributed by atoms with Gasteiger partial charge in [-0.25, -0.2) is 4.39 Å². The topological polar surface area (TPSA) is 12.0 Å². The van der Waals surface area contributed by atoms with Gasteiger partial charge in [0.25, 0.3) is 0 Å². The highest BCUT2D eigenvalue weighted by molar-refractivity contribution is 9.10. The Labute approximate surface area is 122 Å². The Bertz CT molecular complexity index is 568. The van der Waals surface area contributed by atoms with Crippen LogP contribution in [0, 0.1) is 12.7 Å². The van der Waals surface area contributed by atoms with Crippen LogP contribution in [0.25, 0.3) is 0 Å². The molecule has 0 saturated carbocycles. The second-order valence-electron chi connectivity index (χ2n) is 4.71. The molecule has 0 radical (unpaired) electrons. The lowest BCUT2D eigenvalue weighted by molar-refractivity contribution is 0.566. The molecule has 1 N–H and O–H groups in total. The van der Waals surface area contributed by atoms with Gasteiger partial charge in [0.2, 0.25) is 0 Å². The van der Waals surface area contributed by atoms with Gasteiger partial charge in [-0.2, -0.15) is 0 Å². The maximum atomic E-state index is 13.5. The third-order valence-corrected chi connectivity index (χ3v) is 3.94. The molecular formula is C16H17BrFN. The number of halogens is 2. The molecule has 0 fully saturated rings. The summed E-state index contributed by atoms with van der Waals surface area (Å²) in [6, 6.07) is 13.7. The Hall–Kier alpha value is -1.19. The van der Waals surface area contributed by atoms with Gasteiger partial charge in [-0.15, -0.1) is 0 Å². The van der Waals surface area contributed by atoms with Gasteiger partial charge in [0, 0.05) is 17.1 Å². The van der Waals surface area contributed by atoms with Crippen molar-refractivity contribution in [3.05, 3.63) is 69.4 Å². The lowest BCUT2D eigenvalue weighted by Crippen LogP contribution is -2.18. The first-order chi connectivity index (χ1) is 9.08. The standard InChI is InChI=1S/C16H17BrFN/c1-11-7-8-13(9-16(11)18)10-19-12(2)14-5-3-4-6-15(14)17/h3-9,12,19H,10H2,1-2H3. The third-order valence-electron chi connectivity index (χ3n) is 3.22. The van der Waals surface area contributed by atoms with E-state index in [-0.39, 0.29) is 11.9 Å². The number of hydrogen-bond donors (Lipinski definition) is 1. The fraction of sp³-hybridized carbons (Fsp3) is 0.250. The fourth-order valence-corrected chi connectivity index (χ4v) is 2.58. The molecule has 0 bridgehead atoms. The minimum absolute atomic E-state index is 0.146. The first-order valence-corrected chi connectivity index (χ1v) is 7.10. The van der Waals surface area contributed by atoms with Crippen LogP contribution in [-0.2, 0) is 6.54 Å². The maximum Gasteiger partial charge on any atom is 0.126 e. The van der Waals surface area contributed by atoms with Crippen LogP contribution in [0.2, 0.25) is 0 Å². The summed E-state index contributed by atoms with van der Waals surface area (Å²) in [4.78, 5) is 0. The molecule has 1 nitrogen and oxygen atoms in total. The summed E-state index contributed by atoms with van der Waals surface area (Å²) in [5.41, 5.74) is 2.85. The predicted molar refractivity (Wildman–Crippen MR) is 80.5 cm³/mol. The highest BCUT2D eigenvalue weighted by Gasteiger charge is 2.08. The van der Waals surface area contributed by atoms with Crippen LogP contribution < -0.4 is 5.32 Å². The molecule has 1 atom stereocenters. The van der Waals surface area contributed by atoms with Crippen LogP contribution in [0.3, 0.4) is 0 Å². The highest BCUT2D eigenvalue weighted by atomic mass is 79.9. The van der Waals surface area contributed by atoms with Crippen LogP contribution in [0.15, 0.2) is 46.9 Å². The predicted octanol–water partition coefficient (Wildman–Crippen LogP) is 4.75. The molecule has 0 aliphatic heterocycles. The zero-order valence-electron chi connectivity index (χ0n) is 11.1. The van der Waals surface area contributed by atoms with E-state index in [1.165, 1.54) is 5.56 Å². The van der Waals surface area contributed by atoms with Crippen molar-refractivity contribution in [1.82, 2.24) is 5.32 Å². The van der Waals surface area contributed by atoms with Crippen molar-refractivity contribution in [3.63, 3.8) is 0 Å². The average Bonchev–Trinajstić information content (AvgIpc) is 2.40. The van der Waals surface area contributed by atoms with Crippen molar-refractivity contribution < 1.29 is 4.39 Å². The summed E-state index contributed by atoms with van der Waals surface area (Å²) in [5, 5.41) is 3.41. The third kappa shape index (κ3) is 3.64.